The number of hydrogen-bond acceptors (Lipinski definition) is 5. The van der Waals surface area contributed by atoms with Gasteiger partial charge in [0.15, 0.2) is 5.82 Å². The van der Waals surface area contributed by atoms with E-state index in [0.29, 0.717) is 30.2 Å². The van der Waals surface area contributed by atoms with E-state index in [0.717, 1.165) is 18.4 Å². The van der Waals surface area contributed by atoms with Crippen molar-refractivity contribution in [1.29, 1.82) is 0 Å². The Morgan fingerprint density at radius 2 is 1.85 bits per heavy atom. The van der Waals surface area contributed by atoms with Crippen LogP contribution in [0.4, 0.5) is 4.39 Å². The quantitative estimate of drug-likeness (QED) is 0.501. The fourth-order valence-electron chi connectivity index (χ4n) is 2.91. The largest absolute Gasteiger partial charge is 0.339 e. The number of hydrogen-bond donors (Lipinski definition) is 0. The molecule has 0 atom stereocenters. The van der Waals surface area contributed by atoms with Gasteiger partial charge in [0.25, 0.3) is 0 Å². The van der Waals surface area contributed by atoms with Crippen LogP contribution in [0.5, 0.6) is 0 Å². The minimum absolute atomic E-state index is 0.205. The van der Waals surface area contributed by atoms with Gasteiger partial charge in [-0.15, -0.1) is 0 Å². The van der Waals surface area contributed by atoms with E-state index in [-0.39, 0.29) is 5.82 Å². The van der Waals surface area contributed by atoms with E-state index in [1.54, 1.807) is 23.1 Å². The summed E-state index contributed by atoms with van der Waals surface area (Å²) in [5.41, 5.74) is 2.69. The van der Waals surface area contributed by atoms with E-state index >= 15 is 0 Å². The molecule has 136 valence electrons. The fraction of sp³-hybridized carbons (Fsp3) is 0.200. The Labute approximate surface area is 155 Å². The Balaban J connectivity index is 1.30. The van der Waals surface area contributed by atoms with Crippen molar-refractivity contribution >= 4 is 0 Å². The average Bonchev–Trinajstić information content (AvgIpc) is 3.36. The van der Waals surface area contributed by atoms with E-state index in [4.69, 9.17) is 4.52 Å². The van der Waals surface area contributed by atoms with Gasteiger partial charge in [0, 0.05) is 12.0 Å². The predicted octanol–water partition coefficient (Wildman–Crippen LogP) is 3.69. The molecule has 0 bridgehead atoms. The van der Waals surface area contributed by atoms with Crippen LogP contribution in [0.2, 0.25) is 0 Å². The zero-order valence-electron chi connectivity index (χ0n) is 14.6. The Morgan fingerprint density at radius 1 is 1.00 bits per heavy atom. The summed E-state index contributed by atoms with van der Waals surface area (Å²) in [6.07, 6.45) is 5.57. The second-order valence-corrected chi connectivity index (χ2v) is 6.23. The molecule has 2 heterocycles. The number of aryl methyl sites for hydroxylation is 2. The van der Waals surface area contributed by atoms with Crippen molar-refractivity contribution in [1.82, 2.24) is 24.9 Å². The molecular formula is C20H18FN5O. The van der Waals surface area contributed by atoms with Crippen LogP contribution in [-0.2, 0) is 19.4 Å². The molecular weight excluding hydrogens is 345 g/mol. The van der Waals surface area contributed by atoms with E-state index in [2.05, 4.69) is 20.2 Å². The first-order chi connectivity index (χ1) is 13.3. The molecule has 0 spiro atoms. The van der Waals surface area contributed by atoms with Gasteiger partial charge in [-0.3, -0.25) is 0 Å². The summed E-state index contributed by atoms with van der Waals surface area (Å²) < 4.78 is 20.8. The van der Waals surface area contributed by atoms with Crippen LogP contribution in [0, 0.1) is 5.82 Å². The molecule has 0 aliphatic heterocycles. The van der Waals surface area contributed by atoms with E-state index in [1.807, 2.05) is 30.3 Å². The molecule has 0 fully saturated rings. The fourth-order valence-corrected chi connectivity index (χ4v) is 2.91. The summed E-state index contributed by atoms with van der Waals surface area (Å²) in [4.78, 5) is 8.26. The number of benzene rings is 2. The first-order valence-corrected chi connectivity index (χ1v) is 8.75. The molecule has 0 radical (unpaired) electrons. The van der Waals surface area contributed by atoms with Crippen LogP contribution in [0.15, 0.2) is 65.7 Å². The summed E-state index contributed by atoms with van der Waals surface area (Å²) in [6, 6.07) is 14.8. The number of rotatable bonds is 7. The van der Waals surface area contributed by atoms with Gasteiger partial charge in [-0.25, -0.2) is 14.1 Å². The Kier molecular flexibility index (Phi) is 5.00. The maximum Gasteiger partial charge on any atom is 0.226 e. The van der Waals surface area contributed by atoms with Gasteiger partial charge in [0.2, 0.25) is 5.89 Å². The highest BCUT2D eigenvalue weighted by Gasteiger charge is 2.08. The maximum atomic E-state index is 13.9. The molecule has 2 aromatic heterocycles. The third kappa shape index (κ3) is 4.25. The van der Waals surface area contributed by atoms with Crippen LogP contribution in [0.3, 0.4) is 0 Å². The van der Waals surface area contributed by atoms with Crippen LogP contribution in [0.1, 0.15) is 23.7 Å². The smallest absolute Gasteiger partial charge is 0.226 e. The van der Waals surface area contributed by atoms with Gasteiger partial charge in [-0.2, -0.15) is 10.1 Å². The molecule has 0 unspecified atom stereocenters. The molecule has 0 aliphatic carbocycles. The monoisotopic (exact) mass is 363 g/mol. The van der Waals surface area contributed by atoms with Crippen molar-refractivity contribution in [2.75, 3.05) is 0 Å². The third-order valence-corrected chi connectivity index (χ3v) is 4.28. The molecule has 0 saturated heterocycles. The molecule has 0 aliphatic rings. The van der Waals surface area contributed by atoms with E-state index < -0.39 is 0 Å². The van der Waals surface area contributed by atoms with Gasteiger partial charge in [-0.1, -0.05) is 47.6 Å². The van der Waals surface area contributed by atoms with Crippen molar-refractivity contribution < 1.29 is 8.91 Å². The molecule has 4 rings (SSSR count). The standard InChI is InChI=1S/C20H18FN5O/c21-18-6-2-1-5-17(18)16-10-8-15(9-11-16)4-3-7-20-24-19(25-27-20)12-26-14-22-13-23-26/h1-2,5-6,8-11,13-14H,3-4,7,12H2. The lowest BCUT2D eigenvalue weighted by Gasteiger charge is -2.05. The third-order valence-electron chi connectivity index (χ3n) is 4.28. The molecule has 0 amide bonds. The number of halogens is 1. The maximum absolute atomic E-state index is 13.9. The van der Waals surface area contributed by atoms with E-state index in [1.165, 1.54) is 18.0 Å². The second-order valence-electron chi connectivity index (χ2n) is 6.23. The molecule has 6 nitrogen and oxygen atoms in total. The number of aromatic nitrogens is 5. The lowest BCUT2D eigenvalue weighted by atomic mass is 10.0. The highest BCUT2D eigenvalue weighted by Crippen LogP contribution is 2.23. The molecule has 0 N–H and O–H groups in total. The second kappa shape index (κ2) is 7.90. The molecule has 27 heavy (non-hydrogen) atoms. The summed E-state index contributed by atoms with van der Waals surface area (Å²) in [5, 5.41) is 7.98. The van der Waals surface area contributed by atoms with Crippen molar-refractivity contribution in [2.24, 2.45) is 0 Å². The lowest BCUT2D eigenvalue weighted by Crippen LogP contribution is -2.01. The Hall–Kier alpha value is -3.35. The van der Waals surface area contributed by atoms with Gasteiger partial charge in [0.05, 0.1) is 0 Å². The average molecular weight is 363 g/mol. The van der Waals surface area contributed by atoms with Gasteiger partial charge < -0.3 is 4.52 Å². The minimum atomic E-state index is -0.205. The Morgan fingerprint density at radius 3 is 2.63 bits per heavy atom. The van der Waals surface area contributed by atoms with Crippen LogP contribution in [0.25, 0.3) is 11.1 Å². The summed E-state index contributed by atoms with van der Waals surface area (Å²) >= 11 is 0. The lowest BCUT2D eigenvalue weighted by molar-refractivity contribution is 0.368. The van der Waals surface area contributed by atoms with Crippen molar-refractivity contribution in [3.05, 3.63) is 84.3 Å². The normalized spacial score (nSPS) is 11.0. The SMILES string of the molecule is Fc1ccccc1-c1ccc(CCCc2nc(Cn3cncn3)no2)cc1. The zero-order valence-corrected chi connectivity index (χ0v) is 14.6. The van der Waals surface area contributed by atoms with Crippen LogP contribution >= 0.6 is 0 Å². The van der Waals surface area contributed by atoms with E-state index in [9.17, 15) is 4.39 Å². The Bertz CT molecular complexity index is 995. The summed E-state index contributed by atoms with van der Waals surface area (Å²) in [7, 11) is 0. The zero-order chi connectivity index (χ0) is 18.5. The van der Waals surface area contributed by atoms with Gasteiger partial charge >= 0.3 is 0 Å². The minimum Gasteiger partial charge on any atom is -0.339 e. The number of nitrogens with zero attached hydrogens (tertiary/aromatic N) is 5. The summed E-state index contributed by atoms with van der Waals surface area (Å²) in [6.45, 7) is 0.445. The van der Waals surface area contributed by atoms with Gasteiger partial charge in [-0.05, 0) is 30.0 Å². The highest BCUT2D eigenvalue weighted by atomic mass is 19.1. The van der Waals surface area contributed by atoms with Crippen LogP contribution < -0.4 is 0 Å². The molecule has 0 saturated carbocycles. The summed E-state index contributed by atoms with van der Waals surface area (Å²) in [5.74, 6) is 1.00. The molecule has 4 aromatic rings. The topological polar surface area (TPSA) is 69.6 Å². The first kappa shape index (κ1) is 17.1. The predicted molar refractivity (Wildman–Crippen MR) is 97.3 cm³/mol. The molecule has 7 heteroatoms. The van der Waals surface area contributed by atoms with Crippen molar-refractivity contribution in [2.45, 2.75) is 25.8 Å². The van der Waals surface area contributed by atoms with Gasteiger partial charge in [0.1, 0.15) is 25.0 Å². The molecule has 2 aromatic carbocycles. The highest BCUT2D eigenvalue weighted by molar-refractivity contribution is 5.64. The van der Waals surface area contributed by atoms with Crippen molar-refractivity contribution in [3.8, 4) is 11.1 Å². The first-order valence-electron chi connectivity index (χ1n) is 8.75. The van der Waals surface area contributed by atoms with Crippen LogP contribution in [-0.4, -0.2) is 24.9 Å². The van der Waals surface area contributed by atoms with Crippen molar-refractivity contribution in [3.63, 3.8) is 0 Å².